The van der Waals surface area contributed by atoms with Crippen LogP contribution in [-0.2, 0) is 11.8 Å². The van der Waals surface area contributed by atoms with Crippen LogP contribution < -0.4 is 5.73 Å². The van der Waals surface area contributed by atoms with E-state index in [0.717, 1.165) is 6.42 Å². The molecular weight excluding hydrogens is 242 g/mol. The van der Waals surface area contributed by atoms with Crippen LogP contribution in [0.15, 0.2) is 24.3 Å². The van der Waals surface area contributed by atoms with Gasteiger partial charge in [-0.1, -0.05) is 65.3 Å². The van der Waals surface area contributed by atoms with Crippen molar-refractivity contribution in [1.82, 2.24) is 0 Å². The molecule has 0 radical (unpaired) electrons. The lowest BCUT2D eigenvalue weighted by Gasteiger charge is -2.32. The van der Waals surface area contributed by atoms with Crippen molar-refractivity contribution in [3.05, 3.63) is 35.4 Å². The van der Waals surface area contributed by atoms with Crippen LogP contribution in [0.4, 0.5) is 0 Å². The molecule has 1 aromatic carbocycles. The molecule has 0 saturated heterocycles. The topological polar surface area (TPSA) is 26.0 Å². The van der Waals surface area contributed by atoms with Gasteiger partial charge in [0.25, 0.3) is 0 Å². The molecule has 0 aliphatic heterocycles. The second-order valence-corrected chi connectivity index (χ2v) is 8.30. The molecule has 112 valence electrons. The highest BCUT2D eigenvalue weighted by Crippen LogP contribution is 2.44. The molecule has 2 rings (SSSR count). The summed E-state index contributed by atoms with van der Waals surface area (Å²) in [5, 5.41) is 0. The van der Waals surface area contributed by atoms with Crippen LogP contribution in [0.1, 0.15) is 65.0 Å². The third kappa shape index (κ3) is 3.44. The average Bonchev–Trinajstić information content (AvgIpc) is 2.68. The molecule has 1 aromatic rings. The largest absolute Gasteiger partial charge is 0.327 e. The second kappa shape index (κ2) is 5.52. The third-order valence-electron chi connectivity index (χ3n) is 5.15. The van der Waals surface area contributed by atoms with Gasteiger partial charge in [-0.15, -0.1) is 0 Å². The van der Waals surface area contributed by atoms with E-state index in [9.17, 15) is 0 Å². The van der Waals surface area contributed by atoms with E-state index in [2.05, 4.69) is 58.9 Å². The zero-order valence-electron chi connectivity index (χ0n) is 13.9. The van der Waals surface area contributed by atoms with Gasteiger partial charge in [0.1, 0.15) is 0 Å². The molecule has 0 spiro atoms. The zero-order chi connectivity index (χ0) is 15.0. The number of benzene rings is 1. The molecular formula is C19H31N. The first-order valence-electron chi connectivity index (χ1n) is 8.05. The Hall–Kier alpha value is -0.820. The SMILES string of the molecule is CC(C)(C)c1ccc(CC(N)C2CCCC2(C)C)cc1. The summed E-state index contributed by atoms with van der Waals surface area (Å²) in [6, 6.07) is 9.36. The number of hydrogen-bond acceptors (Lipinski definition) is 1. The summed E-state index contributed by atoms with van der Waals surface area (Å²) in [7, 11) is 0. The lowest BCUT2D eigenvalue weighted by molar-refractivity contribution is 0.220. The van der Waals surface area contributed by atoms with Gasteiger partial charge in [0, 0.05) is 6.04 Å². The number of rotatable bonds is 3. The summed E-state index contributed by atoms with van der Waals surface area (Å²) in [5.74, 6) is 0.671. The normalized spacial score (nSPS) is 23.8. The summed E-state index contributed by atoms with van der Waals surface area (Å²) in [4.78, 5) is 0. The number of nitrogens with two attached hydrogens (primary N) is 1. The number of hydrogen-bond donors (Lipinski definition) is 1. The highest BCUT2D eigenvalue weighted by Gasteiger charge is 2.37. The summed E-state index contributed by atoms with van der Waals surface area (Å²) in [5.41, 5.74) is 9.94. The van der Waals surface area contributed by atoms with Crippen molar-refractivity contribution >= 4 is 0 Å². The molecule has 1 aliphatic rings. The molecule has 20 heavy (non-hydrogen) atoms. The fourth-order valence-electron chi connectivity index (χ4n) is 3.70. The Morgan fingerprint density at radius 2 is 1.80 bits per heavy atom. The van der Waals surface area contributed by atoms with Gasteiger partial charge in [-0.3, -0.25) is 0 Å². The average molecular weight is 273 g/mol. The van der Waals surface area contributed by atoms with E-state index < -0.39 is 0 Å². The quantitative estimate of drug-likeness (QED) is 0.850. The molecule has 2 unspecified atom stereocenters. The maximum atomic E-state index is 6.51. The van der Waals surface area contributed by atoms with Crippen LogP contribution in [0.5, 0.6) is 0 Å². The van der Waals surface area contributed by atoms with E-state index in [0.29, 0.717) is 17.4 Å². The van der Waals surface area contributed by atoms with Crippen LogP contribution in [0.25, 0.3) is 0 Å². The fourth-order valence-corrected chi connectivity index (χ4v) is 3.70. The van der Waals surface area contributed by atoms with Crippen LogP contribution in [-0.4, -0.2) is 6.04 Å². The second-order valence-electron chi connectivity index (χ2n) is 8.30. The lowest BCUT2D eigenvalue weighted by atomic mass is 9.76. The molecule has 0 amide bonds. The fraction of sp³-hybridized carbons (Fsp3) is 0.684. The highest BCUT2D eigenvalue weighted by atomic mass is 14.7. The van der Waals surface area contributed by atoms with E-state index >= 15 is 0 Å². The molecule has 1 nitrogen and oxygen atoms in total. The highest BCUT2D eigenvalue weighted by molar-refractivity contribution is 5.28. The van der Waals surface area contributed by atoms with Gasteiger partial charge in [-0.2, -0.15) is 0 Å². The standard InChI is InChI=1S/C19H31N/c1-18(2,3)15-10-8-14(9-11-15)13-17(20)16-7-6-12-19(16,4)5/h8-11,16-17H,6-7,12-13,20H2,1-5H3. The smallest absolute Gasteiger partial charge is 0.0113 e. The van der Waals surface area contributed by atoms with Crippen molar-refractivity contribution in [3.63, 3.8) is 0 Å². The van der Waals surface area contributed by atoms with E-state index in [1.807, 2.05) is 0 Å². The Labute approximate surface area is 125 Å². The first-order chi connectivity index (χ1) is 9.20. The van der Waals surface area contributed by atoms with Gasteiger partial charge < -0.3 is 5.73 Å². The van der Waals surface area contributed by atoms with Gasteiger partial charge >= 0.3 is 0 Å². The van der Waals surface area contributed by atoms with Crippen molar-refractivity contribution < 1.29 is 0 Å². The third-order valence-corrected chi connectivity index (χ3v) is 5.15. The lowest BCUT2D eigenvalue weighted by Crippen LogP contribution is -2.38. The zero-order valence-corrected chi connectivity index (χ0v) is 13.9. The molecule has 1 saturated carbocycles. The monoisotopic (exact) mass is 273 g/mol. The Morgan fingerprint density at radius 1 is 1.20 bits per heavy atom. The molecule has 0 bridgehead atoms. The summed E-state index contributed by atoms with van der Waals surface area (Å²) in [6.07, 6.45) is 4.98. The maximum absolute atomic E-state index is 6.51. The summed E-state index contributed by atoms with van der Waals surface area (Å²) >= 11 is 0. The molecule has 0 heterocycles. The maximum Gasteiger partial charge on any atom is 0.0113 e. The Bertz CT molecular complexity index is 436. The molecule has 2 N–H and O–H groups in total. The van der Waals surface area contributed by atoms with E-state index in [4.69, 9.17) is 5.73 Å². The van der Waals surface area contributed by atoms with E-state index in [1.165, 1.54) is 30.4 Å². The van der Waals surface area contributed by atoms with Gasteiger partial charge in [0.15, 0.2) is 0 Å². The van der Waals surface area contributed by atoms with Crippen LogP contribution >= 0.6 is 0 Å². The van der Waals surface area contributed by atoms with Crippen LogP contribution in [0, 0.1) is 11.3 Å². The molecule has 1 aliphatic carbocycles. The van der Waals surface area contributed by atoms with Gasteiger partial charge in [0.05, 0.1) is 0 Å². The van der Waals surface area contributed by atoms with Crippen molar-refractivity contribution in [2.24, 2.45) is 17.1 Å². The Morgan fingerprint density at radius 3 is 2.25 bits per heavy atom. The van der Waals surface area contributed by atoms with Crippen LogP contribution in [0.2, 0.25) is 0 Å². The van der Waals surface area contributed by atoms with Crippen LogP contribution in [0.3, 0.4) is 0 Å². The van der Waals surface area contributed by atoms with Crippen molar-refractivity contribution in [2.45, 2.75) is 71.8 Å². The van der Waals surface area contributed by atoms with Gasteiger partial charge in [-0.25, -0.2) is 0 Å². The summed E-state index contributed by atoms with van der Waals surface area (Å²) < 4.78 is 0. The molecule has 1 heteroatoms. The first-order valence-corrected chi connectivity index (χ1v) is 8.05. The molecule has 2 atom stereocenters. The van der Waals surface area contributed by atoms with Gasteiger partial charge in [0.2, 0.25) is 0 Å². The minimum absolute atomic E-state index is 0.230. The molecule has 0 aromatic heterocycles. The molecule has 1 fully saturated rings. The van der Waals surface area contributed by atoms with Crippen molar-refractivity contribution in [2.75, 3.05) is 0 Å². The minimum atomic E-state index is 0.230. The Balaban J connectivity index is 2.03. The minimum Gasteiger partial charge on any atom is -0.327 e. The van der Waals surface area contributed by atoms with Gasteiger partial charge in [-0.05, 0) is 47.1 Å². The predicted molar refractivity (Wildman–Crippen MR) is 87.9 cm³/mol. The van der Waals surface area contributed by atoms with Crippen molar-refractivity contribution in [3.8, 4) is 0 Å². The van der Waals surface area contributed by atoms with E-state index in [-0.39, 0.29) is 5.41 Å². The first kappa shape index (κ1) is 15.6. The Kier molecular flexibility index (Phi) is 4.30. The predicted octanol–water partition coefficient (Wildman–Crippen LogP) is 4.68. The van der Waals surface area contributed by atoms with E-state index in [1.54, 1.807) is 0 Å². The summed E-state index contributed by atoms with van der Waals surface area (Å²) in [6.45, 7) is 11.5. The van der Waals surface area contributed by atoms with Crippen molar-refractivity contribution in [1.29, 1.82) is 0 Å².